The van der Waals surface area contributed by atoms with Crippen molar-refractivity contribution in [3.8, 4) is 0 Å². The first kappa shape index (κ1) is 21.3. The summed E-state index contributed by atoms with van der Waals surface area (Å²) < 4.78 is 51.8. The van der Waals surface area contributed by atoms with E-state index in [0.717, 1.165) is 30.7 Å². The van der Waals surface area contributed by atoms with Gasteiger partial charge >= 0.3 is 0 Å². The van der Waals surface area contributed by atoms with E-state index in [1.54, 1.807) is 0 Å². The first-order valence-electron chi connectivity index (χ1n) is 9.10. The van der Waals surface area contributed by atoms with Gasteiger partial charge in [0.05, 0.1) is 9.92 Å². The van der Waals surface area contributed by atoms with Crippen LogP contribution in [0.25, 0.3) is 0 Å². The molecule has 0 spiro atoms. The predicted octanol–water partition coefficient (Wildman–Crippen LogP) is 4.22. The first-order chi connectivity index (χ1) is 13.0. The second kappa shape index (κ2) is 7.78. The Morgan fingerprint density at radius 2 is 1.64 bits per heavy atom. The van der Waals surface area contributed by atoms with Gasteiger partial charge in [-0.1, -0.05) is 49.7 Å². The summed E-state index contributed by atoms with van der Waals surface area (Å²) >= 11 is 6.16. The smallest absolute Gasteiger partial charge is 0.224 e. The second-order valence-corrected chi connectivity index (χ2v) is 11.8. The van der Waals surface area contributed by atoms with E-state index in [4.69, 9.17) is 11.6 Å². The Hall–Kier alpha value is -1.41. The highest BCUT2D eigenvalue weighted by Gasteiger charge is 2.39. The van der Waals surface area contributed by atoms with Gasteiger partial charge in [-0.25, -0.2) is 16.8 Å². The van der Waals surface area contributed by atoms with Crippen LogP contribution < -0.4 is 0 Å². The summed E-state index contributed by atoms with van der Waals surface area (Å²) in [6.07, 6.45) is 2.61. The molecule has 28 heavy (non-hydrogen) atoms. The minimum atomic E-state index is -3.94. The molecule has 0 saturated heterocycles. The molecule has 0 unspecified atom stereocenters. The summed E-state index contributed by atoms with van der Waals surface area (Å²) in [6.45, 7) is 4.43. The molecule has 3 rings (SSSR count). The number of hydrogen-bond donors (Lipinski definition) is 0. The number of rotatable bonds is 7. The minimum Gasteiger partial charge on any atom is -0.224 e. The molecule has 1 fully saturated rings. The maximum Gasteiger partial charge on any atom is 0.245 e. The van der Waals surface area contributed by atoms with Crippen LogP contribution in [0.5, 0.6) is 0 Å². The fraction of sp³-hybridized carbons (Fsp3) is 0.400. The Labute approximate surface area is 172 Å². The quantitative estimate of drug-likeness (QED) is 0.644. The highest BCUT2D eigenvalue weighted by Crippen LogP contribution is 2.36. The SMILES string of the molecule is CC(C)c1ccc(CN(C2CC2)S(=O)(=O)c2cc(S(C)(=O)=O)ccc2Cl)cc1. The van der Waals surface area contributed by atoms with Crippen LogP contribution in [-0.2, 0) is 26.4 Å². The van der Waals surface area contributed by atoms with Gasteiger partial charge in [0.15, 0.2) is 9.84 Å². The predicted molar refractivity (Wildman–Crippen MR) is 111 cm³/mol. The van der Waals surface area contributed by atoms with Crippen molar-refractivity contribution in [1.29, 1.82) is 0 Å². The fourth-order valence-corrected chi connectivity index (χ4v) is 5.90. The van der Waals surface area contributed by atoms with Crippen molar-refractivity contribution >= 4 is 31.5 Å². The number of halogens is 1. The molecule has 152 valence electrons. The van der Waals surface area contributed by atoms with E-state index < -0.39 is 19.9 Å². The maximum absolute atomic E-state index is 13.3. The summed E-state index contributed by atoms with van der Waals surface area (Å²) in [5, 5.41) is 0.0215. The molecule has 2 aromatic carbocycles. The highest BCUT2D eigenvalue weighted by molar-refractivity contribution is 7.91. The Morgan fingerprint density at radius 1 is 1.04 bits per heavy atom. The monoisotopic (exact) mass is 441 g/mol. The molecule has 1 aliphatic rings. The van der Waals surface area contributed by atoms with Gasteiger partial charge in [-0.3, -0.25) is 0 Å². The zero-order valence-electron chi connectivity index (χ0n) is 16.1. The normalized spacial score (nSPS) is 15.4. The van der Waals surface area contributed by atoms with Gasteiger partial charge in [0, 0.05) is 18.8 Å². The average molecular weight is 442 g/mol. The van der Waals surface area contributed by atoms with Crippen LogP contribution in [-0.4, -0.2) is 33.4 Å². The van der Waals surface area contributed by atoms with Crippen molar-refractivity contribution in [1.82, 2.24) is 4.31 Å². The lowest BCUT2D eigenvalue weighted by molar-refractivity contribution is 0.398. The van der Waals surface area contributed by atoms with Crippen molar-refractivity contribution in [3.05, 3.63) is 58.6 Å². The molecule has 0 aliphatic heterocycles. The third-order valence-corrected chi connectivity index (χ3v) is 8.35. The van der Waals surface area contributed by atoms with Gasteiger partial charge in [0.1, 0.15) is 4.90 Å². The topological polar surface area (TPSA) is 71.5 Å². The van der Waals surface area contributed by atoms with Crippen LogP contribution >= 0.6 is 11.6 Å². The third-order valence-electron chi connectivity index (χ3n) is 4.86. The summed E-state index contributed by atoms with van der Waals surface area (Å²) in [4.78, 5) is -0.227. The van der Waals surface area contributed by atoms with Crippen LogP contribution in [0.3, 0.4) is 0 Å². The van der Waals surface area contributed by atoms with E-state index in [2.05, 4.69) is 13.8 Å². The molecule has 0 atom stereocenters. The summed E-state index contributed by atoms with van der Waals surface area (Å²) in [6, 6.07) is 11.6. The minimum absolute atomic E-state index is 0.0215. The van der Waals surface area contributed by atoms with Crippen molar-refractivity contribution in [2.45, 2.75) is 55.0 Å². The zero-order valence-corrected chi connectivity index (χ0v) is 18.5. The molecule has 0 amide bonds. The van der Waals surface area contributed by atoms with E-state index in [1.807, 2.05) is 24.3 Å². The van der Waals surface area contributed by atoms with Crippen molar-refractivity contribution in [3.63, 3.8) is 0 Å². The average Bonchev–Trinajstić information content (AvgIpc) is 3.44. The van der Waals surface area contributed by atoms with Crippen LogP contribution in [0.1, 0.15) is 43.7 Å². The van der Waals surface area contributed by atoms with E-state index in [0.29, 0.717) is 5.92 Å². The molecule has 0 N–H and O–H groups in total. The lowest BCUT2D eigenvalue weighted by atomic mass is 10.0. The van der Waals surface area contributed by atoms with E-state index in [9.17, 15) is 16.8 Å². The van der Waals surface area contributed by atoms with Crippen molar-refractivity contribution in [2.24, 2.45) is 0 Å². The number of sulfone groups is 1. The van der Waals surface area contributed by atoms with E-state index in [1.165, 1.54) is 22.0 Å². The molecule has 5 nitrogen and oxygen atoms in total. The molecule has 1 aliphatic carbocycles. The maximum atomic E-state index is 13.3. The fourth-order valence-electron chi connectivity index (χ4n) is 3.00. The summed E-state index contributed by atoms with van der Waals surface area (Å²) in [7, 11) is -7.49. The Morgan fingerprint density at radius 3 is 2.14 bits per heavy atom. The standard InChI is InChI=1S/C20H24ClNO4S2/c1-14(2)16-6-4-15(5-7-16)13-22(17-8-9-17)28(25,26)20-12-18(27(3,23)24)10-11-19(20)21/h4-7,10-12,14,17H,8-9,13H2,1-3H3. The van der Waals surface area contributed by atoms with Gasteiger partial charge in [0.2, 0.25) is 10.0 Å². The van der Waals surface area contributed by atoms with Crippen LogP contribution in [0.2, 0.25) is 5.02 Å². The summed E-state index contributed by atoms with van der Waals surface area (Å²) in [5.41, 5.74) is 2.07. The van der Waals surface area contributed by atoms with Gasteiger partial charge in [-0.2, -0.15) is 4.31 Å². The Balaban J connectivity index is 1.98. The molecule has 2 aromatic rings. The van der Waals surface area contributed by atoms with Crippen LogP contribution in [0.15, 0.2) is 52.3 Å². The van der Waals surface area contributed by atoms with Gasteiger partial charge in [-0.15, -0.1) is 0 Å². The van der Waals surface area contributed by atoms with Gasteiger partial charge in [0.25, 0.3) is 0 Å². The Bertz CT molecular complexity index is 1070. The van der Waals surface area contributed by atoms with Crippen LogP contribution in [0, 0.1) is 0 Å². The van der Waals surface area contributed by atoms with Crippen molar-refractivity contribution in [2.75, 3.05) is 6.26 Å². The van der Waals surface area contributed by atoms with Gasteiger partial charge in [-0.05, 0) is 48.1 Å². The molecule has 0 heterocycles. The van der Waals surface area contributed by atoms with E-state index in [-0.39, 0.29) is 27.4 Å². The molecule has 0 radical (unpaired) electrons. The zero-order chi connectivity index (χ0) is 20.7. The number of benzene rings is 2. The number of nitrogens with zero attached hydrogens (tertiary/aromatic N) is 1. The molecular weight excluding hydrogens is 418 g/mol. The number of hydrogen-bond acceptors (Lipinski definition) is 4. The molecule has 0 aromatic heterocycles. The lowest BCUT2D eigenvalue weighted by Gasteiger charge is -2.23. The number of sulfonamides is 1. The van der Waals surface area contributed by atoms with Crippen molar-refractivity contribution < 1.29 is 16.8 Å². The Kier molecular flexibility index (Phi) is 5.92. The molecule has 1 saturated carbocycles. The summed E-state index contributed by atoms with van der Waals surface area (Å²) in [5.74, 6) is 0.398. The molecular formula is C20H24ClNO4S2. The highest BCUT2D eigenvalue weighted by atomic mass is 35.5. The largest absolute Gasteiger partial charge is 0.245 e. The third kappa shape index (κ3) is 4.59. The van der Waals surface area contributed by atoms with Gasteiger partial charge < -0.3 is 0 Å². The molecule has 0 bridgehead atoms. The lowest BCUT2D eigenvalue weighted by Crippen LogP contribution is -2.33. The van der Waals surface area contributed by atoms with Crippen LogP contribution in [0.4, 0.5) is 0 Å². The second-order valence-electron chi connectivity index (χ2n) is 7.54. The molecule has 8 heteroatoms. The first-order valence-corrected chi connectivity index (χ1v) is 12.8. The van der Waals surface area contributed by atoms with E-state index >= 15 is 0 Å².